The standard InChI is InChI=1S/C20H23FN4O2/c1-12(2)27-18-6-15-14(5-16(18)21)8-22-20(15)17-7-19(24-11-23-17)25-4-3-13(9-25)10-26/h5-7,11-13,26H,3-4,8-10H2,1-2H3/t13-/m1/s1. The van der Waals surface area contributed by atoms with Crippen molar-refractivity contribution < 1.29 is 14.2 Å². The lowest BCUT2D eigenvalue weighted by molar-refractivity contribution is 0.231. The fourth-order valence-electron chi connectivity index (χ4n) is 3.60. The van der Waals surface area contributed by atoms with E-state index in [4.69, 9.17) is 4.74 Å². The van der Waals surface area contributed by atoms with Crippen molar-refractivity contribution in [3.05, 3.63) is 47.2 Å². The molecule has 4 rings (SSSR count). The zero-order valence-electron chi connectivity index (χ0n) is 15.5. The summed E-state index contributed by atoms with van der Waals surface area (Å²) in [6, 6.07) is 5.13. The van der Waals surface area contributed by atoms with E-state index in [1.165, 1.54) is 12.4 Å². The molecule has 2 aliphatic rings. The van der Waals surface area contributed by atoms with E-state index < -0.39 is 0 Å². The van der Waals surface area contributed by atoms with E-state index in [9.17, 15) is 9.50 Å². The first-order valence-corrected chi connectivity index (χ1v) is 9.27. The van der Waals surface area contributed by atoms with Crippen molar-refractivity contribution in [2.75, 3.05) is 24.6 Å². The van der Waals surface area contributed by atoms with E-state index in [0.717, 1.165) is 42.2 Å². The topological polar surface area (TPSA) is 70.8 Å². The van der Waals surface area contributed by atoms with Gasteiger partial charge in [0.15, 0.2) is 11.6 Å². The summed E-state index contributed by atoms with van der Waals surface area (Å²) in [5.41, 5.74) is 3.14. The van der Waals surface area contributed by atoms with Crippen LogP contribution in [0, 0.1) is 11.7 Å². The number of halogens is 1. The second-order valence-corrected chi connectivity index (χ2v) is 7.32. The number of anilines is 1. The molecular formula is C20H23FN4O2. The maximum absolute atomic E-state index is 14.2. The molecule has 0 bridgehead atoms. The third kappa shape index (κ3) is 3.51. The van der Waals surface area contributed by atoms with Crippen molar-refractivity contribution in [3.63, 3.8) is 0 Å². The second kappa shape index (κ2) is 7.23. The van der Waals surface area contributed by atoms with Crippen molar-refractivity contribution >= 4 is 11.5 Å². The van der Waals surface area contributed by atoms with Gasteiger partial charge in [0.25, 0.3) is 0 Å². The highest BCUT2D eigenvalue weighted by molar-refractivity contribution is 6.14. The molecule has 0 radical (unpaired) electrons. The maximum Gasteiger partial charge on any atom is 0.165 e. The first kappa shape index (κ1) is 17.9. The van der Waals surface area contributed by atoms with Crippen LogP contribution < -0.4 is 9.64 Å². The number of rotatable bonds is 5. The number of ether oxygens (including phenoxy) is 1. The molecule has 6 nitrogen and oxygen atoms in total. The van der Waals surface area contributed by atoms with Crippen LogP contribution in [-0.4, -0.2) is 46.6 Å². The smallest absolute Gasteiger partial charge is 0.165 e. The van der Waals surface area contributed by atoms with Crippen molar-refractivity contribution in [1.82, 2.24) is 9.97 Å². The van der Waals surface area contributed by atoms with Crippen LogP contribution >= 0.6 is 0 Å². The molecule has 0 saturated carbocycles. The van der Waals surface area contributed by atoms with E-state index in [1.54, 1.807) is 6.07 Å². The van der Waals surface area contributed by atoms with E-state index in [1.807, 2.05) is 19.9 Å². The minimum atomic E-state index is -0.366. The number of aliphatic hydroxyl groups is 1. The molecule has 1 fully saturated rings. The molecule has 142 valence electrons. The Labute approximate surface area is 157 Å². The summed E-state index contributed by atoms with van der Waals surface area (Å²) in [5.74, 6) is 0.979. The first-order valence-electron chi connectivity index (χ1n) is 9.27. The molecular weight excluding hydrogens is 347 g/mol. The van der Waals surface area contributed by atoms with Crippen LogP contribution in [0.4, 0.5) is 10.2 Å². The van der Waals surface area contributed by atoms with Gasteiger partial charge in [0.05, 0.1) is 24.1 Å². The Kier molecular flexibility index (Phi) is 4.78. The molecule has 0 amide bonds. The van der Waals surface area contributed by atoms with Crippen LogP contribution in [0.2, 0.25) is 0 Å². The predicted octanol–water partition coefficient (Wildman–Crippen LogP) is 2.57. The van der Waals surface area contributed by atoms with Crippen molar-refractivity contribution in [1.29, 1.82) is 0 Å². The fourth-order valence-corrected chi connectivity index (χ4v) is 3.60. The molecule has 1 aromatic heterocycles. The number of hydrogen-bond acceptors (Lipinski definition) is 6. The van der Waals surface area contributed by atoms with Crippen molar-refractivity contribution in [3.8, 4) is 5.75 Å². The number of aliphatic hydroxyl groups excluding tert-OH is 1. The normalized spacial score (nSPS) is 18.8. The summed E-state index contributed by atoms with van der Waals surface area (Å²) in [6.07, 6.45) is 2.38. The minimum Gasteiger partial charge on any atom is -0.488 e. The lowest BCUT2D eigenvalue weighted by Gasteiger charge is -2.17. The Morgan fingerprint density at radius 1 is 1.30 bits per heavy atom. The molecule has 7 heteroatoms. The third-order valence-electron chi connectivity index (χ3n) is 4.95. The number of nitrogens with zero attached hydrogens (tertiary/aromatic N) is 4. The minimum absolute atomic E-state index is 0.111. The first-order chi connectivity index (χ1) is 13.0. The summed E-state index contributed by atoms with van der Waals surface area (Å²) < 4.78 is 19.8. The van der Waals surface area contributed by atoms with Gasteiger partial charge in [-0.1, -0.05) is 0 Å². The van der Waals surface area contributed by atoms with Crippen LogP contribution in [0.1, 0.15) is 37.1 Å². The highest BCUT2D eigenvalue weighted by Crippen LogP contribution is 2.30. The van der Waals surface area contributed by atoms with Crippen LogP contribution in [-0.2, 0) is 6.54 Å². The Morgan fingerprint density at radius 3 is 2.89 bits per heavy atom. The quantitative estimate of drug-likeness (QED) is 0.876. The summed E-state index contributed by atoms with van der Waals surface area (Å²) >= 11 is 0. The molecule has 3 heterocycles. The van der Waals surface area contributed by atoms with E-state index in [2.05, 4.69) is 19.9 Å². The van der Waals surface area contributed by atoms with Crippen LogP contribution in [0.3, 0.4) is 0 Å². The van der Waals surface area contributed by atoms with Gasteiger partial charge in [0.2, 0.25) is 0 Å². The summed E-state index contributed by atoms with van der Waals surface area (Å²) in [4.78, 5) is 15.5. The zero-order valence-corrected chi connectivity index (χ0v) is 15.5. The molecule has 2 aromatic rings. The van der Waals surface area contributed by atoms with Gasteiger partial charge in [-0.25, -0.2) is 14.4 Å². The number of fused-ring (bicyclic) bond motifs is 1. The fraction of sp³-hybridized carbons (Fsp3) is 0.450. The second-order valence-electron chi connectivity index (χ2n) is 7.32. The van der Waals surface area contributed by atoms with E-state index >= 15 is 0 Å². The lowest BCUT2D eigenvalue weighted by atomic mass is 10.0. The van der Waals surface area contributed by atoms with Gasteiger partial charge in [0.1, 0.15) is 12.1 Å². The highest BCUT2D eigenvalue weighted by Gasteiger charge is 2.26. The monoisotopic (exact) mass is 370 g/mol. The Morgan fingerprint density at radius 2 is 2.15 bits per heavy atom. The molecule has 27 heavy (non-hydrogen) atoms. The Bertz CT molecular complexity index is 884. The third-order valence-corrected chi connectivity index (χ3v) is 4.95. The number of aliphatic imine (C=N–C) groups is 1. The summed E-state index contributed by atoms with van der Waals surface area (Å²) in [5, 5.41) is 9.36. The van der Waals surface area contributed by atoms with E-state index in [0.29, 0.717) is 12.2 Å². The van der Waals surface area contributed by atoms with E-state index in [-0.39, 0.29) is 30.2 Å². The average molecular weight is 370 g/mol. The highest BCUT2D eigenvalue weighted by atomic mass is 19.1. The van der Waals surface area contributed by atoms with Gasteiger partial charge < -0.3 is 14.7 Å². The maximum atomic E-state index is 14.2. The van der Waals surface area contributed by atoms with Gasteiger partial charge in [-0.2, -0.15) is 0 Å². The largest absolute Gasteiger partial charge is 0.488 e. The Balaban J connectivity index is 1.64. The number of benzene rings is 1. The molecule has 1 atom stereocenters. The van der Waals surface area contributed by atoms with Crippen LogP contribution in [0.25, 0.3) is 0 Å². The SMILES string of the molecule is CC(C)Oc1cc2c(cc1F)CN=C2c1cc(N2CC[C@@H](CO)C2)ncn1. The number of hydrogen-bond donors (Lipinski definition) is 1. The van der Waals surface area contributed by atoms with Crippen LogP contribution in [0.5, 0.6) is 5.75 Å². The summed E-state index contributed by atoms with van der Waals surface area (Å²) in [7, 11) is 0. The summed E-state index contributed by atoms with van der Waals surface area (Å²) in [6.45, 7) is 6.01. The lowest BCUT2D eigenvalue weighted by Crippen LogP contribution is -2.22. The average Bonchev–Trinajstić information content (AvgIpc) is 3.28. The van der Waals surface area contributed by atoms with Gasteiger partial charge in [-0.15, -0.1) is 0 Å². The Hall–Kier alpha value is -2.54. The molecule has 2 aliphatic heterocycles. The molecule has 0 spiro atoms. The van der Waals surface area contributed by atoms with Crippen LogP contribution in [0.15, 0.2) is 29.5 Å². The zero-order chi connectivity index (χ0) is 19.0. The molecule has 0 aliphatic carbocycles. The van der Waals surface area contributed by atoms with Crippen molar-refractivity contribution in [2.24, 2.45) is 10.9 Å². The van der Waals surface area contributed by atoms with Gasteiger partial charge >= 0.3 is 0 Å². The predicted molar refractivity (Wildman–Crippen MR) is 101 cm³/mol. The number of aromatic nitrogens is 2. The molecule has 1 aromatic carbocycles. The molecule has 1 N–H and O–H groups in total. The van der Waals surface area contributed by atoms with Crippen molar-refractivity contribution in [2.45, 2.75) is 32.9 Å². The van der Waals surface area contributed by atoms with Gasteiger partial charge in [-0.05, 0) is 38.0 Å². The van der Waals surface area contributed by atoms with Gasteiger partial charge in [0, 0.05) is 37.2 Å². The van der Waals surface area contributed by atoms with Gasteiger partial charge in [-0.3, -0.25) is 4.99 Å². The molecule has 1 saturated heterocycles. The molecule has 0 unspecified atom stereocenters.